The van der Waals surface area contributed by atoms with Crippen LogP contribution in [0.2, 0.25) is 0 Å². The van der Waals surface area contributed by atoms with E-state index in [2.05, 4.69) is 159 Å². The summed E-state index contributed by atoms with van der Waals surface area (Å²) in [5.74, 6) is 0.731. The maximum Gasteiger partial charge on any atom is 0.160 e. The fraction of sp³-hybridized carbons (Fsp3) is 0.0800. The molecule has 0 amide bonds. The SMILES string of the molecule is CC1(C)c2ccccc2C2(c3ccccc3-c3ccccc32)c2ccc3c(sc4ccc(-c5cc(-c6ccccc6)nc(-c6ccccc6)n5)cc43)c21. The molecule has 0 saturated heterocycles. The highest BCUT2D eigenvalue weighted by Crippen LogP contribution is 2.63. The van der Waals surface area contributed by atoms with Gasteiger partial charge in [-0.2, -0.15) is 0 Å². The molecule has 0 radical (unpaired) electrons. The number of rotatable bonds is 3. The topological polar surface area (TPSA) is 25.8 Å². The predicted octanol–water partition coefficient (Wildman–Crippen LogP) is 12.8. The summed E-state index contributed by atoms with van der Waals surface area (Å²) in [5, 5.41) is 2.57. The van der Waals surface area contributed by atoms with Crippen LogP contribution in [0.4, 0.5) is 0 Å². The Labute approximate surface area is 313 Å². The molecule has 0 bridgehead atoms. The van der Waals surface area contributed by atoms with E-state index in [4.69, 9.17) is 9.97 Å². The Morgan fingerprint density at radius 1 is 0.434 bits per heavy atom. The van der Waals surface area contributed by atoms with Gasteiger partial charge in [-0.25, -0.2) is 9.97 Å². The van der Waals surface area contributed by atoms with E-state index < -0.39 is 5.41 Å². The first kappa shape index (κ1) is 30.5. The van der Waals surface area contributed by atoms with E-state index in [1.807, 2.05) is 35.6 Å². The highest BCUT2D eigenvalue weighted by Gasteiger charge is 2.53. The summed E-state index contributed by atoms with van der Waals surface area (Å²) in [7, 11) is 0. The van der Waals surface area contributed by atoms with E-state index in [9.17, 15) is 0 Å². The van der Waals surface area contributed by atoms with Gasteiger partial charge in [0.15, 0.2) is 5.82 Å². The van der Waals surface area contributed by atoms with Gasteiger partial charge in [0.05, 0.1) is 16.8 Å². The van der Waals surface area contributed by atoms with Crippen molar-refractivity contribution >= 4 is 31.5 Å². The first-order valence-electron chi connectivity index (χ1n) is 18.3. The van der Waals surface area contributed by atoms with Crippen molar-refractivity contribution in [3.05, 3.63) is 203 Å². The smallest absolute Gasteiger partial charge is 0.160 e. The van der Waals surface area contributed by atoms with Crippen molar-refractivity contribution in [1.29, 1.82) is 0 Å². The molecule has 2 aliphatic rings. The van der Waals surface area contributed by atoms with Gasteiger partial charge in [0.2, 0.25) is 0 Å². The lowest BCUT2D eigenvalue weighted by atomic mass is 9.55. The zero-order valence-corrected chi connectivity index (χ0v) is 30.3. The van der Waals surface area contributed by atoms with Gasteiger partial charge < -0.3 is 0 Å². The van der Waals surface area contributed by atoms with Gasteiger partial charge in [-0.15, -0.1) is 11.3 Å². The number of thiophene rings is 1. The van der Waals surface area contributed by atoms with Gasteiger partial charge in [0, 0.05) is 42.3 Å². The second-order valence-electron chi connectivity index (χ2n) is 14.9. The molecular weight excluding hydrogens is 661 g/mol. The van der Waals surface area contributed by atoms with Crippen molar-refractivity contribution in [2.45, 2.75) is 24.7 Å². The van der Waals surface area contributed by atoms with Gasteiger partial charge in [-0.05, 0) is 62.7 Å². The molecule has 2 nitrogen and oxygen atoms in total. The molecule has 0 atom stereocenters. The standard InChI is InChI=1S/C50H34N2S/c1-49(2)40-23-13-14-24-41(40)50(38-21-11-9-19-34(38)35-20-10-12-22-39(35)50)42-27-26-36-37-29-33(25-28-45(37)53-47(36)46(42)49)44-30-43(31-15-5-3-6-16-31)51-48(52-44)32-17-7-4-8-18-32/h3-30H,1-2H3. The maximum absolute atomic E-state index is 5.17. The minimum absolute atomic E-state index is 0.214. The van der Waals surface area contributed by atoms with Crippen LogP contribution in [-0.2, 0) is 10.8 Å². The van der Waals surface area contributed by atoms with Crippen LogP contribution in [0.15, 0.2) is 170 Å². The van der Waals surface area contributed by atoms with Crippen LogP contribution in [-0.4, -0.2) is 9.97 Å². The quantitative estimate of drug-likeness (QED) is 0.184. The molecule has 0 N–H and O–H groups in total. The third-order valence-corrected chi connectivity index (χ3v) is 13.0. The van der Waals surface area contributed by atoms with Crippen molar-refractivity contribution in [3.8, 4) is 45.0 Å². The summed E-state index contributed by atoms with van der Waals surface area (Å²) < 4.78 is 2.65. The van der Waals surface area contributed by atoms with Crippen LogP contribution in [0.25, 0.3) is 65.2 Å². The van der Waals surface area contributed by atoms with Gasteiger partial charge in [-0.1, -0.05) is 166 Å². The molecule has 250 valence electrons. The third kappa shape index (κ3) is 4.20. The van der Waals surface area contributed by atoms with Crippen LogP contribution in [0, 0.1) is 0 Å². The fourth-order valence-electron chi connectivity index (χ4n) is 9.45. The molecule has 0 fully saturated rings. The molecule has 2 heterocycles. The van der Waals surface area contributed by atoms with Crippen molar-refractivity contribution in [3.63, 3.8) is 0 Å². The lowest BCUT2D eigenvalue weighted by molar-refractivity contribution is 0.569. The summed E-state index contributed by atoms with van der Waals surface area (Å²) in [6.07, 6.45) is 0. The van der Waals surface area contributed by atoms with E-state index in [0.29, 0.717) is 0 Å². The van der Waals surface area contributed by atoms with Crippen LogP contribution in [0.1, 0.15) is 47.2 Å². The lowest BCUT2D eigenvalue weighted by Crippen LogP contribution is -2.40. The summed E-state index contributed by atoms with van der Waals surface area (Å²) >= 11 is 1.93. The minimum atomic E-state index is -0.396. The zero-order valence-electron chi connectivity index (χ0n) is 29.5. The molecule has 0 aliphatic heterocycles. The largest absolute Gasteiger partial charge is 0.228 e. The average Bonchev–Trinajstić information content (AvgIpc) is 3.74. The molecular formula is C50H34N2S. The van der Waals surface area contributed by atoms with Crippen molar-refractivity contribution in [2.75, 3.05) is 0 Å². The van der Waals surface area contributed by atoms with Crippen molar-refractivity contribution in [2.24, 2.45) is 0 Å². The fourth-order valence-corrected chi connectivity index (χ4v) is 10.8. The Balaban J connectivity index is 1.17. The summed E-state index contributed by atoms with van der Waals surface area (Å²) in [6, 6.07) is 61.9. The first-order valence-corrected chi connectivity index (χ1v) is 19.1. The van der Waals surface area contributed by atoms with E-state index >= 15 is 0 Å². The van der Waals surface area contributed by atoms with E-state index in [0.717, 1.165) is 33.9 Å². The Morgan fingerprint density at radius 2 is 1.00 bits per heavy atom. The second kappa shape index (κ2) is 11.2. The number of fused-ring (bicyclic) bond motifs is 13. The Hall–Kier alpha value is -6.16. The van der Waals surface area contributed by atoms with E-state index in [-0.39, 0.29) is 5.41 Å². The highest BCUT2D eigenvalue weighted by atomic mass is 32.1. The minimum Gasteiger partial charge on any atom is -0.228 e. The average molecular weight is 695 g/mol. The molecule has 0 saturated carbocycles. The molecule has 53 heavy (non-hydrogen) atoms. The molecule has 3 heteroatoms. The van der Waals surface area contributed by atoms with Gasteiger partial charge in [0.1, 0.15) is 0 Å². The Morgan fingerprint density at radius 3 is 1.68 bits per heavy atom. The van der Waals surface area contributed by atoms with E-state index in [1.54, 1.807) is 0 Å². The predicted molar refractivity (Wildman–Crippen MR) is 221 cm³/mol. The van der Waals surface area contributed by atoms with Crippen molar-refractivity contribution < 1.29 is 0 Å². The molecule has 0 unspecified atom stereocenters. The maximum atomic E-state index is 5.17. The van der Waals surface area contributed by atoms with Crippen molar-refractivity contribution in [1.82, 2.24) is 9.97 Å². The Bertz CT molecular complexity index is 2820. The molecule has 11 rings (SSSR count). The normalized spacial score (nSPS) is 14.5. The summed E-state index contributed by atoms with van der Waals surface area (Å²) in [4.78, 5) is 10.2. The third-order valence-electron chi connectivity index (χ3n) is 11.7. The zero-order chi connectivity index (χ0) is 35.3. The molecule has 2 aromatic heterocycles. The Kier molecular flexibility index (Phi) is 6.42. The first-order chi connectivity index (χ1) is 26.0. The number of nitrogens with zero attached hydrogens (tertiary/aromatic N) is 2. The van der Waals surface area contributed by atoms with Crippen LogP contribution < -0.4 is 0 Å². The number of hydrogen-bond acceptors (Lipinski definition) is 3. The summed E-state index contributed by atoms with van der Waals surface area (Å²) in [5.41, 5.74) is 15.4. The summed E-state index contributed by atoms with van der Waals surface area (Å²) in [6.45, 7) is 4.85. The van der Waals surface area contributed by atoms with Gasteiger partial charge in [0.25, 0.3) is 0 Å². The number of hydrogen-bond donors (Lipinski definition) is 0. The van der Waals surface area contributed by atoms with Crippen LogP contribution in [0.3, 0.4) is 0 Å². The number of aromatic nitrogens is 2. The monoisotopic (exact) mass is 694 g/mol. The lowest BCUT2D eigenvalue weighted by Gasteiger charge is -2.46. The second-order valence-corrected chi connectivity index (χ2v) is 15.9. The van der Waals surface area contributed by atoms with Crippen LogP contribution >= 0.6 is 11.3 Å². The molecule has 2 aliphatic carbocycles. The molecule has 7 aromatic carbocycles. The van der Waals surface area contributed by atoms with Gasteiger partial charge in [-0.3, -0.25) is 0 Å². The van der Waals surface area contributed by atoms with E-state index in [1.165, 1.54) is 64.7 Å². The molecule has 1 spiro atoms. The molecule has 9 aromatic rings. The number of benzene rings is 7. The van der Waals surface area contributed by atoms with Gasteiger partial charge >= 0.3 is 0 Å². The van der Waals surface area contributed by atoms with Crippen LogP contribution in [0.5, 0.6) is 0 Å². The highest BCUT2D eigenvalue weighted by molar-refractivity contribution is 7.26.